The first-order chi connectivity index (χ1) is 17.8. The zero-order valence-electron chi connectivity index (χ0n) is 20.9. The first-order valence-electron chi connectivity index (χ1n) is 11.7. The minimum Gasteiger partial charge on any atom is -0.493 e. The molecular formula is C29H27F2N3O2S. The van der Waals surface area contributed by atoms with Crippen LogP contribution in [-0.2, 0) is 19.4 Å². The van der Waals surface area contributed by atoms with E-state index in [1.165, 1.54) is 41.9 Å². The van der Waals surface area contributed by atoms with Crippen LogP contribution in [0.1, 0.15) is 16.8 Å². The van der Waals surface area contributed by atoms with E-state index in [1.807, 2.05) is 30.6 Å². The Morgan fingerprint density at radius 3 is 2.68 bits per heavy atom. The van der Waals surface area contributed by atoms with Gasteiger partial charge in [-0.15, -0.1) is 0 Å². The number of allylic oxidation sites excluding steroid dienone is 5. The van der Waals surface area contributed by atoms with E-state index >= 15 is 0 Å². The summed E-state index contributed by atoms with van der Waals surface area (Å²) in [5, 5.41) is 4.60. The largest absolute Gasteiger partial charge is 0.493 e. The van der Waals surface area contributed by atoms with Gasteiger partial charge in [0.1, 0.15) is 5.82 Å². The fraction of sp³-hybridized carbons (Fsp3) is 0.207. The molecule has 1 aliphatic carbocycles. The van der Waals surface area contributed by atoms with Crippen LogP contribution >= 0.6 is 11.9 Å². The molecule has 0 spiro atoms. The molecule has 190 valence electrons. The third-order valence-electron chi connectivity index (χ3n) is 6.18. The third-order valence-corrected chi connectivity index (χ3v) is 6.56. The molecule has 8 heteroatoms. The summed E-state index contributed by atoms with van der Waals surface area (Å²) in [5.74, 6) is -0.829. The van der Waals surface area contributed by atoms with Gasteiger partial charge in [-0.25, -0.2) is 17.9 Å². The normalized spacial score (nSPS) is 14.2. The van der Waals surface area contributed by atoms with E-state index in [9.17, 15) is 13.6 Å². The molecule has 0 bridgehead atoms. The molecule has 4 rings (SSSR count). The van der Waals surface area contributed by atoms with E-state index in [2.05, 4.69) is 16.1 Å². The number of hydrogen-bond donors (Lipinski definition) is 0. The quantitative estimate of drug-likeness (QED) is 0.340. The second kappa shape index (κ2) is 11.5. The van der Waals surface area contributed by atoms with Crippen molar-refractivity contribution >= 4 is 17.7 Å². The molecular weight excluding hydrogens is 492 g/mol. The van der Waals surface area contributed by atoms with Gasteiger partial charge in [-0.05, 0) is 72.7 Å². The maximum absolute atomic E-state index is 14.6. The van der Waals surface area contributed by atoms with Crippen molar-refractivity contribution in [1.82, 2.24) is 9.78 Å². The lowest BCUT2D eigenvalue weighted by Gasteiger charge is -2.19. The third kappa shape index (κ3) is 5.64. The van der Waals surface area contributed by atoms with Gasteiger partial charge < -0.3 is 4.74 Å². The van der Waals surface area contributed by atoms with Crippen molar-refractivity contribution in [2.45, 2.75) is 26.3 Å². The Bertz CT molecular complexity index is 1510. The predicted molar refractivity (Wildman–Crippen MR) is 146 cm³/mol. The van der Waals surface area contributed by atoms with E-state index in [-0.39, 0.29) is 23.7 Å². The predicted octanol–water partition coefficient (Wildman–Crippen LogP) is 6.06. The Morgan fingerprint density at radius 2 is 1.95 bits per heavy atom. The summed E-state index contributed by atoms with van der Waals surface area (Å²) in [6.45, 7) is 6.13. The minimum absolute atomic E-state index is 0.0444. The number of para-hydroxylation sites is 1. The number of methoxy groups -OCH3 is 1. The number of ether oxygens (including phenoxy) is 1. The molecule has 1 aliphatic rings. The number of nitrogens with zero attached hydrogens (tertiary/aromatic N) is 3. The number of aromatic nitrogens is 2. The Kier molecular flexibility index (Phi) is 8.18. The Balaban J connectivity index is 1.83. The zero-order valence-corrected chi connectivity index (χ0v) is 21.7. The van der Waals surface area contributed by atoms with Crippen LogP contribution in [0.15, 0.2) is 87.6 Å². The molecule has 5 nitrogen and oxygen atoms in total. The molecule has 1 heterocycles. The fourth-order valence-electron chi connectivity index (χ4n) is 4.44. The van der Waals surface area contributed by atoms with Crippen molar-refractivity contribution in [3.8, 4) is 16.9 Å². The average Bonchev–Trinajstić information content (AvgIpc) is 2.87. The van der Waals surface area contributed by atoms with Gasteiger partial charge in [-0.3, -0.25) is 4.79 Å². The van der Waals surface area contributed by atoms with Gasteiger partial charge in [0, 0.05) is 22.9 Å². The lowest BCUT2D eigenvalue weighted by atomic mass is 9.94. The van der Waals surface area contributed by atoms with Gasteiger partial charge in [0.15, 0.2) is 11.6 Å². The first kappa shape index (κ1) is 26.3. The van der Waals surface area contributed by atoms with Crippen LogP contribution in [0.3, 0.4) is 0 Å². The van der Waals surface area contributed by atoms with E-state index < -0.39 is 5.82 Å². The van der Waals surface area contributed by atoms with E-state index in [0.717, 1.165) is 22.4 Å². The zero-order chi connectivity index (χ0) is 26.5. The van der Waals surface area contributed by atoms with E-state index in [4.69, 9.17) is 4.74 Å². The number of aryl methyl sites for hydroxylation is 2. The second-order valence-corrected chi connectivity index (χ2v) is 9.09. The lowest BCUT2D eigenvalue weighted by molar-refractivity contribution is 0.388. The second-order valence-electron chi connectivity index (χ2n) is 8.54. The first-order valence-corrected chi connectivity index (χ1v) is 12.9. The maximum atomic E-state index is 14.6. The fourth-order valence-corrected chi connectivity index (χ4v) is 4.81. The van der Waals surface area contributed by atoms with Crippen LogP contribution < -0.4 is 10.3 Å². The molecule has 2 aromatic carbocycles. The van der Waals surface area contributed by atoms with Crippen LogP contribution in [0.2, 0.25) is 0 Å². The van der Waals surface area contributed by atoms with Gasteiger partial charge in [-0.2, -0.15) is 5.10 Å². The van der Waals surface area contributed by atoms with Crippen molar-refractivity contribution in [3.63, 3.8) is 0 Å². The van der Waals surface area contributed by atoms with Gasteiger partial charge in [0.05, 0.1) is 25.1 Å². The Labute approximate surface area is 219 Å². The molecule has 0 radical (unpaired) electrons. The van der Waals surface area contributed by atoms with Crippen LogP contribution in [0.4, 0.5) is 8.78 Å². The molecule has 3 aromatic rings. The highest BCUT2D eigenvalue weighted by Gasteiger charge is 2.22. The molecule has 0 saturated heterocycles. The van der Waals surface area contributed by atoms with Crippen LogP contribution in [0.25, 0.3) is 11.1 Å². The van der Waals surface area contributed by atoms with E-state index in [1.54, 1.807) is 25.1 Å². The molecule has 1 aromatic heterocycles. The number of hydrogen-bond acceptors (Lipinski definition) is 5. The summed E-state index contributed by atoms with van der Waals surface area (Å²) >= 11 is 1.33. The highest BCUT2D eigenvalue weighted by atomic mass is 32.2. The molecule has 0 N–H and O–H groups in total. The minimum atomic E-state index is -0.532. The summed E-state index contributed by atoms with van der Waals surface area (Å²) in [5.41, 5.74) is 4.70. The molecule has 0 fully saturated rings. The summed E-state index contributed by atoms with van der Waals surface area (Å²) in [6, 6.07) is 10.9. The standard InChI is InChI=1S/C29H27F2N3O2S/c1-18-21(9-6-13-26(18)33-37-4)17-34-29(35)24(15-14-20-8-5-10-22(30)16-20)27(19(2)32-34)23-11-7-12-25(31)28(23)36-3/h5-13,16H,1,14-15,17H2,2-4H3/b33-26-. The van der Waals surface area contributed by atoms with Crippen LogP contribution in [0, 0.1) is 18.6 Å². The van der Waals surface area contributed by atoms with Gasteiger partial charge in [0.2, 0.25) is 0 Å². The number of halogens is 2. The number of rotatable bonds is 8. The highest BCUT2D eigenvalue weighted by molar-refractivity contribution is 7.97. The summed E-state index contributed by atoms with van der Waals surface area (Å²) in [6.07, 6.45) is 8.22. The topological polar surface area (TPSA) is 56.5 Å². The van der Waals surface area contributed by atoms with Crippen molar-refractivity contribution in [1.29, 1.82) is 0 Å². The highest BCUT2D eigenvalue weighted by Crippen LogP contribution is 2.35. The number of benzene rings is 2. The lowest BCUT2D eigenvalue weighted by Crippen LogP contribution is -2.30. The molecule has 0 saturated carbocycles. The van der Waals surface area contributed by atoms with Crippen LogP contribution in [-0.4, -0.2) is 28.9 Å². The molecule has 0 unspecified atom stereocenters. The SMILES string of the molecule is C=C1C(Cn2nc(C)c(-c3cccc(F)c3OC)c(CCc3cccc(F)c3)c2=O)=CC=C/C1=N/SC. The summed E-state index contributed by atoms with van der Waals surface area (Å²) in [7, 11) is 1.39. The average molecular weight is 520 g/mol. The van der Waals surface area contributed by atoms with Crippen molar-refractivity contribution in [2.24, 2.45) is 4.40 Å². The summed E-state index contributed by atoms with van der Waals surface area (Å²) < 4.78 is 39.6. The Hall–Kier alpha value is -3.78. The molecule has 0 aliphatic heterocycles. The van der Waals surface area contributed by atoms with Crippen LogP contribution in [0.5, 0.6) is 5.75 Å². The Morgan fingerprint density at radius 1 is 1.16 bits per heavy atom. The van der Waals surface area contributed by atoms with Crippen molar-refractivity contribution in [2.75, 3.05) is 13.4 Å². The van der Waals surface area contributed by atoms with Gasteiger partial charge in [0.25, 0.3) is 5.56 Å². The van der Waals surface area contributed by atoms with E-state index in [0.29, 0.717) is 35.2 Å². The van der Waals surface area contributed by atoms with Gasteiger partial charge in [-0.1, -0.05) is 43.0 Å². The molecule has 0 atom stereocenters. The van der Waals surface area contributed by atoms with Crippen molar-refractivity contribution in [3.05, 3.63) is 117 Å². The summed E-state index contributed by atoms with van der Waals surface area (Å²) in [4.78, 5) is 13.9. The maximum Gasteiger partial charge on any atom is 0.270 e. The van der Waals surface area contributed by atoms with Crippen molar-refractivity contribution < 1.29 is 13.5 Å². The molecule has 37 heavy (non-hydrogen) atoms. The monoisotopic (exact) mass is 519 g/mol. The van der Waals surface area contributed by atoms with Gasteiger partial charge >= 0.3 is 0 Å². The smallest absolute Gasteiger partial charge is 0.270 e. The molecule has 0 amide bonds.